The third kappa shape index (κ3) is 3.12. The smallest absolute Gasteiger partial charge is 0.299 e. The molecule has 0 bridgehead atoms. The van der Waals surface area contributed by atoms with Gasteiger partial charge in [0.05, 0.1) is 0 Å². The first-order valence-corrected chi connectivity index (χ1v) is 5.81. The molecular weight excluding hydrogens is 259 g/mol. The van der Waals surface area contributed by atoms with E-state index in [1.54, 1.807) is 0 Å². The molecular formula is C9H15BrF3N. The quantitative estimate of drug-likeness (QED) is 0.714. The number of alkyl halides is 4. The maximum absolute atomic E-state index is 12.3. The molecule has 2 atom stereocenters. The number of hydrogen-bond acceptors (Lipinski definition) is 1. The summed E-state index contributed by atoms with van der Waals surface area (Å²) in [6.07, 6.45) is -1.12. The van der Waals surface area contributed by atoms with Crippen LogP contribution in [0.25, 0.3) is 0 Å². The minimum atomic E-state index is -4.12. The maximum atomic E-state index is 12.3. The van der Waals surface area contributed by atoms with Crippen molar-refractivity contribution in [1.82, 2.24) is 4.90 Å². The van der Waals surface area contributed by atoms with Crippen LogP contribution in [0.3, 0.4) is 0 Å². The van der Waals surface area contributed by atoms with E-state index in [2.05, 4.69) is 15.9 Å². The number of rotatable bonds is 3. The second-order valence-electron chi connectivity index (χ2n) is 3.71. The van der Waals surface area contributed by atoms with Gasteiger partial charge in [0, 0.05) is 12.6 Å². The molecule has 0 N–H and O–H groups in total. The Bertz CT molecular complexity index is 183. The van der Waals surface area contributed by atoms with Gasteiger partial charge in [-0.05, 0) is 25.8 Å². The van der Waals surface area contributed by atoms with Crippen LogP contribution in [0, 0.1) is 0 Å². The highest BCUT2D eigenvalue weighted by molar-refractivity contribution is 9.09. The van der Waals surface area contributed by atoms with Crippen LogP contribution in [-0.4, -0.2) is 35.0 Å². The number of nitrogens with zero attached hydrogens (tertiary/aromatic N) is 1. The Kier molecular flexibility index (Phi) is 4.25. The predicted octanol–water partition coefficient (Wildman–Crippen LogP) is 3.19. The average Bonchev–Trinajstić information content (AvgIpc) is 2.50. The summed E-state index contributed by atoms with van der Waals surface area (Å²) in [6.45, 7) is 2.92. The van der Waals surface area contributed by atoms with Crippen molar-refractivity contribution in [2.24, 2.45) is 0 Å². The van der Waals surface area contributed by atoms with E-state index in [9.17, 15) is 13.2 Å². The zero-order chi connectivity index (χ0) is 10.8. The maximum Gasteiger partial charge on any atom is 0.402 e. The molecule has 0 radical (unpaired) electrons. The summed E-state index contributed by atoms with van der Waals surface area (Å²) >= 11 is 2.70. The first-order chi connectivity index (χ1) is 6.45. The van der Waals surface area contributed by atoms with E-state index >= 15 is 0 Å². The minimum Gasteiger partial charge on any atom is -0.299 e. The van der Waals surface area contributed by atoms with Gasteiger partial charge in [-0.2, -0.15) is 13.2 Å². The Balaban J connectivity index is 2.43. The van der Waals surface area contributed by atoms with E-state index in [4.69, 9.17) is 0 Å². The van der Waals surface area contributed by atoms with Gasteiger partial charge >= 0.3 is 6.18 Å². The molecule has 1 saturated heterocycles. The van der Waals surface area contributed by atoms with Crippen LogP contribution in [-0.2, 0) is 0 Å². The highest BCUT2D eigenvalue weighted by atomic mass is 79.9. The standard InChI is InChI=1S/C9H15BrF3N/c1-2-7-4-3-5-14(7)6-8(10)9(11,12)13/h7-8H,2-6H2,1H3. The highest BCUT2D eigenvalue weighted by Crippen LogP contribution is 2.29. The van der Waals surface area contributed by atoms with Crippen molar-refractivity contribution in [3.05, 3.63) is 0 Å². The second-order valence-corrected chi connectivity index (χ2v) is 4.81. The Hall–Kier alpha value is 0.230. The van der Waals surface area contributed by atoms with Crippen LogP contribution >= 0.6 is 15.9 Å². The first kappa shape index (κ1) is 12.3. The Morgan fingerprint density at radius 2 is 2.14 bits per heavy atom. The van der Waals surface area contributed by atoms with Crippen LogP contribution in [0.15, 0.2) is 0 Å². The fourth-order valence-corrected chi connectivity index (χ4v) is 2.28. The van der Waals surface area contributed by atoms with Crippen LogP contribution in [0.2, 0.25) is 0 Å². The molecule has 0 saturated carbocycles. The van der Waals surface area contributed by atoms with E-state index in [1.807, 2.05) is 11.8 Å². The molecule has 0 aromatic heterocycles. The molecule has 0 aromatic carbocycles. The lowest BCUT2D eigenvalue weighted by molar-refractivity contribution is -0.130. The Morgan fingerprint density at radius 1 is 1.50 bits per heavy atom. The number of likely N-dealkylation sites (tertiary alicyclic amines) is 1. The molecule has 1 rings (SSSR count). The molecule has 0 amide bonds. The largest absolute Gasteiger partial charge is 0.402 e. The molecule has 1 aliphatic heterocycles. The fourth-order valence-electron chi connectivity index (χ4n) is 1.91. The van der Waals surface area contributed by atoms with Crippen molar-refractivity contribution in [1.29, 1.82) is 0 Å². The Labute approximate surface area is 90.8 Å². The fraction of sp³-hybridized carbons (Fsp3) is 1.00. The average molecular weight is 274 g/mol. The third-order valence-corrected chi connectivity index (χ3v) is 3.53. The van der Waals surface area contributed by atoms with Crippen molar-refractivity contribution >= 4 is 15.9 Å². The summed E-state index contributed by atoms with van der Waals surface area (Å²) in [6, 6.07) is 0.345. The van der Waals surface area contributed by atoms with Gasteiger partial charge in [0.15, 0.2) is 0 Å². The van der Waals surface area contributed by atoms with E-state index in [0.717, 1.165) is 25.8 Å². The van der Waals surface area contributed by atoms with Gasteiger partial charge in [-0.15, -0.1) is 0 Å². The summed E-state index contributed by atoms with van der Waals surface area (Å²) in [7, 11) is 0. The molecule has 1 aliphatic rings. The van der Waals surface area contributed by atoms with E-state index in [0.29, 0.717) is 6.04 Å². The minimum absolute atomic E-state index is 0.0853. The van der Waals surface area contributed by atoms with Crippen LogP contribution < -0.4 is 0 Å². The van der Waals surface area contributed by atoms with Gasteiger partial charge in [-0.3, -0.25) is 4.90 Å². The molecule has 1 fully saturated rings. The molecule has 84 valence electrons. The third-order valence-electron chi connectivity index (χ3n) is 2.72. The number of hydrogen-bond donors (Lipinski definition) is 0. The monoisotopic (exact) mass is 273 g/mol. The normalized spacial score (nSPS) is 26.8. The summed E-state index contributed by atoms with van der Waals surface area (Å²) < 4.78 is 36.8. The molecule has 1 nitrogen and oxygen atoms in total. The van der Waals surface area contributed by atoms with Crippen molar-refractivity contribution in [2.45, 2.75) is 43.2 Å². The van der Waals surface area contributed by atoms with E-state index < -0.39 is 11.0 Å². The van der Waals surface area contributed by atoms with E-state index in [1.165, 1.54) is 0 Å². The van der Waals surface area contributed by atoms with Crippen molar-refractivity contribution in [3.63, 3.8) is 0 Å². The van der Waals surface area contributed by atoms with Crippen molar-refractivity contribution in [3.8, 4) is 0 Å². The summed E-state index contributed by atoms with van der Waals surface area (Å²) in [5, 5.41) is 0. The molecule has 5 heteroatoms. The molecule has 0 spiro atoms. The molecule has 2 unspecified atom stereocenters. The van der Waals surface area contributed by atoms with E-state index in [-0.39, 0.29) is 6.54 Å². The summed E-state index contributed by atoms with van der Waals surface area (Å²) in [5.74, 6) is 0. The molecule has 0 aliphatic carbocycles. The van der Waals surface area contributed by atoms with Gasteiger partial charge < -0.3 is 0 Å². The summed E-state index contributed by atoms with van der Waals surface area (Å²) in [5.41, 5.74) is 0. The lowest BCUT2D eigenvalue weighted by Gasteiger charge is -2.26. The lowest BCUT2D eigenvalue weighted by Crippen LogP contribution is -2.39. The van der Waals surface area contributed by atoms with Crippen molar-refractivity contribution < 1.29 is 13.2 Å². The van der Waals surface area contributed by atoms with Gasteiger partial charge in [-0.25, -0.2) is 0 Å². The highest BCUT2D eigenvalue weighted by Gasteiger charge is 2.40. The van der Waals surface area contributed by atoms with Crippen LogP contribution in [0.1, 0.15) is 26.2 Å². The van der Waals surface area contributed by atoms with Crippen LogP contribution in [0.4, 0.5) is 13.2 Å². The lowest BCUT2D eigenvalue weighted by atomic mass is 10.2. The predicted molar refractivity (Wildman–Crippen MR) is 53.7 cm³/mol. The van der Waals surface area contributed by atoms with Gasteiger partial charge in [0.25, 0.3) is 0 Å². The number of halogens is 4. The summed E-state index contributed by atoms with van der Waals surface area (Å²) in [4.78, 5) is 0.551. The first-order valence-electron chi connectivity index (χ1n) is 4.90. The zero-order valence-electron chi connectivity index (χ0n) is 8.15. The SMILES string of the molecule is CCC1CCCN1CC(Br)C(F)(F)F. The molecule has 0 aromatic rings. The Morgan fingerprint density at radius 3 is 2.64 bits per heavy atom. The topological polar surface area (TPSA) is 3.24 Å². The van der Waals surface area contributed by atoms with Crippen molar-refractivity contribution in [2.75, 3.05) is 13.1 Å². The van der Waals surface area contributed by atoms with Gasteiger partial charge in [0.2, 0.25) is 0 Å². The zero-order valence-corrected chi connectivity index (χ0v) is 9.74. The molecule has 1 heterocycles. The molecule has 14 heavy (non-hydrogen) atoms. The van der Waals surface area contributed by atoms with Gasteiger partial charge in [-0.1, -0.05) is 22.9 Å². The van der Waals surface area contributed by atoms with Gasteiger partial charge in [0.1, 0.15) is 4.83 Å². The van der Waals surface area contributed by atoms with Crippen LogP contribution in [0.5, 0.6) is 0 Å². The second kappa shape index (κ2) is 4.84.